The topological polar surface area (TPSA) is 87.0 Å². The Morgan fingerprint density at radius 2 is 2.07 bits per heavy atom. The summed E-state index contributed by atoms with van der Waals surface area (Å²) in [6, 6.07) is 5.45. The second-order valence-electron chi connectivity index (χ2n) is 8.40. The first-order valence-electron chi connectivity index (χ1n) is 10.7. The average Bonchev–Trinajstić information content (AvgIpc) is 3.31. The number of carboxylic acid groups (broad SMARTS) is 1. The van der Waals surface area contributed by atoms with Crippen LogP contribution in [-0.2, 0) is 9.53 Å². The summed E-state index contributed by atoms with van der Waals surface area (Å²) < 4.78 is 6.92. The van der Waals surface area contributed by atoms with Crippen LogP contribution in [0.3, 0.4) is 0 Å². The zero-order chi connectivity index (χ0) is 21.7. The number of rotatable bonds is 10. The number of fused-ring (bicyclic) bond motifs is 2. The number of aromatic hydroxyl groups is 1. The van der Waals surface area contributed by atoms with E-state index in [1.54, 1.807) is 6.07 Å². The molecular formula is C24H31IO5. The lowest BCUT2D eigenvalue weighted by atomic mass is 9.77. The molecule has 2 heterocycles. The van der Waals surface area contributed by atoms with Crippen molar-refractivity contribution in [2.75, 3.05) is 0 Å². The zero-order valence-corrected chi connectivity index (χ0v) is 19.4. The van der Waals surface area contributed by atoms with Gasteiger partial charge in [-0.15, -0.1) is 0 Å². The number of carboxylic acids is 1. The summed E-state index contributed by atoms with van der Waals surface area (Å²) in [5, 5.41) is 29.1. The van der Waals surface area contributed by atoms with E-state index in [1.165, 1.54) is 0 Å². The van der Waals surface area contributed by atoms with E-state index in [-0.39, 0.29) is 30.3 Å². The maximum atomic E-state index is 10.7. The molecule has 2 aliphatic heterocycles. The summed E-state index contributed by atoms with van der Waals surface area (Å²) in [5.41, 5.74) is 0.999. The third-order valence-electron chi connectivity index (χ3n) is 6.36. The molecule has 0 aliphatic carbocycles. The fraction of sp³-hybridized carbons (Fsp3) is 0.542. The van der Waals surface area contributed by atoms with Crippen molar-refractivity contribution in [3.8, 4) is 5.75 Å². The summed E-state index contributed by atoms with van der Waals surface area (Å²) >= 11 is 2.10. The molecule has 30 heavy (non-hydrogen) atoms. The van der Waals surface area contributed by atoms with Gasteiger partial charge in [0.25, 0.3) is 0 Å². The Morgan fingerprint density at radius 1 is 1.30 bits per heavy atom. The quantitative estimate of drug-likeness (QED) is 0.227. The lowest BCUT2D eigenvalue weighted by Crippen LogP contribution is -2.26. The molecule has 2 unspecified atom stereocenters. The largest absolute Gasteiger partial charge is 0.507 e. The van der Waals surface area contributed by atoms with Crippen molar-refractivity contribution in [3.05, 3.63) is 51.6 Å². The van der Waals surface area contributed by atoms with Crippen LogP contribution in [0.1, 0.15) is 56.9 Å². The molecule has 3 N–H and O–H groups in total. The number of aliphatic carboxylic acids is 1. The summed E-state index contributed by atoms with van der Waals surface area (Å²) in [4.78, 5) is 10.6. The number of benzene rings is 1. The highest BCUT2D eigenvalue weighted by Gasteiger charge is 2.46. The third kappa shape index (κ3) is 5.86. The van der Waals surface area contributed by atoms with Gasteiger partial charge in [-0.05, 0) is 78.3 Å². The van der Waals surface area contributed by atoms with E-state index in [4.69, 9.17) is 9.84 Å². The lowest BCUT2D eigenvalue weighted by Gasteiger charge is -2.25. The molecule has 1 aromatic rings. The number of aliphatic hydroxyl groups is 1. The Kier molecular flexibility index (Phi) is 8.36. The van der Waals surface area contributed by atoms with Gasteiger partial charge in [0.2, 0.25) is 0 Å². The summed E-state index contributed by atoms with van der Waals surface area (Å²) in [7, 11) is 0. The molecule has 6 heteroatoms. The van der Waals surface area contributed by atoms with E-state index in [0.29, 0.717) is 18.3 Å². The monoisotopic (exact) mass is 526 g/mol. The Balaban J connectivity index is 1.57. The smallest absolute Gasteiger partial charge is 0.303 e. The Morgan fingerprint density at radius 3 is 2.80 bits per heavy atom. The molecule has 2 aliphatic rings. The van der Waals surface area contributed by atoms with Crippen LogP contribution in [0.4, 0.5) is 0 Å². The van der Waals surface area contributed by atoms with Gasteiger partial charge in [-0.25, -0.2) is 0 Å². The minimum Gasteiger partial charge on any atom is -0.507 e. The molecule has 3 rings (SSSR count). The van der Waals surface area contributed by atoms with Crippen LogP contribution < -0.4 is 0 Å². The number of hydrogen-bond acceptors (Lipinski definition) is 4. The standard InChI is InChI=1S/C24H31IO5/c1-15(16-8-10-21(27)19(25)14-16)20(26)11-9-18-17(22-12-13-23(18)30-22)6-4-2-3-5-7-24(28)29/h2,4,8-11,14-15,17-18,20,22-23,26-27H,3,5-7,12-13H2,1H3,(H,28,29)/b4-2-,11-9+/t15?,17-,18-,20?,22-,23+/m0/s1. The highest BCUT2D eigenvalue weighted by molar-refractivity contribution is 14.1. The van der Waals surface area contributed by atoms with Gasteiger partial charge in [-0.1, -0.05) is 37.3 Å². The van der Waals surface area contributed by atoms with Gasteiger partial charge in [-0.2, -0.15) is 0 Å². The molecule has 2 bridgehead atoms. The minimum atomic E-state index is -0.745. The van der Waals surface area contributed by atoms with Crippen LogP contribution in [0.25, 0.3) is 0 Å². The average molecular weight is 526 g/mol. The maximum absolute atomic E-state index is 10.7. The van der Waals surface area contributed by atoms with Gasteiger partial charge in [-0.3, -0.25) is 4.79 Å². The van der Waals surface area contributed by atoms with Gasteiger partial charge in [0.05, 0.1) is 21.9 Å². The zero-order valence-electron chi connectivity index (χ0n) is 17.3. The van der Waals surface area contributed by atoms with E-state index in [9.17, 15) is 15.0 Å². The first-order valence-corrected chi connectivity index (χ1v) is 11.8. The number of phenolic OH excluding ortho intramolecular Hbond substituents is 1. The van der Waals surface area contributed by atoms with Gasteiger partial charge >= 0.3 is 5.97 Å². The molecule has 1 aromatic carbocycles. The van der Waals surface area contributed by atoms with Crippen LogP contribution in [0, 0.1) is 15.4 Å². The fourth-order valence-corrected chi connectivity index (χ4v) is 5.08. The summed E-state index contributed by atoms with van der Waals surface area (Å²) in [5.74, 6) is 0.156. The van der Waals surface area contributed by atoms with Crippen LogP contribution in [0.5, 0.6) is 5.75 Å². The number of phenols is 1. The summed E-state index contributed by atoms with van der Waals surface area (Å²) in [6.45, 7) is 1.99. The van der Waals surface area contributed by atoms with Crippen molar-refractivity contribution < 1.29 is 24.9 Å². The van der Waals surface area contributed by atoms with E-state index in [1.807, 2.05) is 25.1 Å². The van der Waals surface area contributed by atoms with E-state index >= 15 is 0 Å². The van der Waals surface area contributed by atoms with Crippen molar-refractivity contribution in [1.82, 2.24) is 0 Å². The molecule has 2 fully saturated rings. The summed E-state index contributed by atoms with van der Waals surface area (Å²) in [6.07, 6.45) is 13.0. The van der Waals surface area contributed by atoms with Crippen LogP contribution in [0.2, 0.25) is 0 Å². The fourth-order valence-electron chi connectivity index (χ4n) is 4.54. The number of aliphatic hydroxyl groups excluding tert-OH is 1. The molecule has 0 amide bonds. The van der Waals surface area contributed by atoms with Gasteiger partial charge in [0, 0.05) is 18.3 Å². The highest BCUT2D eigenvalue weighted by atomic mass is 127. The van der Waals surface area contributed by atoms with Crippen molar-refractivity contribution in [3.63, 3.8) is 0 Å². The van der Waals surface area contributed by atoms with Gasteiger partial charge in [0.15, 0.2) is 0 Å². The van der Waals surface area contributed by atoms with E-state index in [2.05, 4.69) is 40.8 Å². The lowest BCUT2D eigenvalue weighted by molar-refractivity contribution is -0.137. The van der Waals surface area contributed by atoms with E-state index < -0.39 is 12.1 Å². The normalized spacial score (nSPS) is 27.8. The molecule has 0 saturated carbocycles. The molecule has 0 aromatic heterocycles. The Labute approximate surface area is 192 Å². The number of carbonyl (C=O) groups is 1. The molecule has 0 radical (unpaired) electrons. The number of allylic oxidation sites excluding steroid dienone is 2. The second-order valence-corrected chi connectivity index (χ2v) is 9.56. The number of unbranched alkanes of at least 4 members (excludes halogenated alkanes) is 1. The van der Waals surface area contributed by atoms with Gasteiger partial charge in [0.1, 0.15) is 5.75 Å². The van der Waals surface area contributed by atoms with Gasteiger partial charge < -0.3 is 20.1 Å². The predicted molar refractivity (Wildman–Crippen MR) is 125 cm³/mol. The first kappa shape index (κ1) is 23.3. The first-order chi connectivity index (χ1) is 14.4. The van der Waals surface area contributed by atoms with Crippen LogP contribution >= 0.6 is 22.6 Å². The predicted octanol–water partition coefficient (Wildman–Crippen LogP) is 5.01. The number of ether oxygens (including phenoxy) is 1. The number of halogens is 1. The second kappa shape index (κ2) is 10.8. The van der Waals surface area contributed by atoms with Crippen molar-refractivity contribution in [2.24, 2.45) is 11.8 Å². The minimum absolute atomic E-state index is 0.0672. The van der Waals surface area contributed by atoms with Crippen molar-refractivity contribution >= 4 is 28.6 Å². The Hall–Kier alpha value is -1.38. The SMILES string of the molecule is CC(c1ccc(O)c(I)c1)C(O)/C=C/[C@H]1[C@H](C/C=C\CCCC(=O)O)[C@@H]2CC[C@H]1O2. The third-order valence-corrected chi connectivity index (χ3v) is 7.23. The molecule has 164 valence electrons. The van der Waals surface area contributed by atoms with Crippen molar-refractivity contribution in [1.29, 1.82) is 0 Å². The Bertz CT molecular complexity index is 790. The van der Waals surface area contributed by atoms with Crippen LogP contribution in [0.15, 0.2) is 42.5 Å². The van der Waals surface area contributed by atoms with Crippen molar-refractivity contribution in [2.45, 2.75) is 69.7 Å². The number of hydrogen-bond donors (Lipinski definition) is 3. The molecule has 0 spiro atoms. The van der Waals surface area contributed by atoms with E-state index in [0.717, 1.165) is 34.8 Å². The molecule has 5 nitrogen and oxygen atoms in total. The molecule has 6 atom stereocenters. The molecule has 2 saturated heterocycles. The van der Waals surface area contributed by atoms with Crippen LogP contribution in [-0.4, -0.2) is 39.6 Å². The highest BCUT2D eigenvalue weighted by Crippen LogP contribution is 2.46. The maximum Gasteiger partial charge on any atom is 0.303 e. The molecular weight excluding hydrogens is 495 g/mol.